The van der Waals surface area contributed by atoms with Gasteiger partial charge in [-0.2, -0.15) is 0 Å². The largest absolute Gasteiger partial charge is 0.385 e. The Labute approximate surface area is 169 Å². The molecule has 0 saturated heterocycles. The highest BCUT2D eigenvalue weighted by Gasteiger charge is 2.46. The van der Waals surface area contributed by atoms with Gasteiger partial charge in [0.15, 0.2) is 5.54 Å². The van der Waals surface area contributed by atoms with E-state index < -0.39 is 35.9 Å². The van der Waals surface area contributed by atoms with Crippen LogP contribution in [0.3, 0.4) is 0 Å². The Bertz CT molecular complexity index is 896. The predicted molar refractivity (Wildman–Crippen MR) is 101 cm³/mol. The summed E-state index contributed by atoms with van der Waals surface area (Å²) in [5.41, 5.74) is 2.95. The number of carbonyl (C=O) groups is 1. The van der Waals surface area contributed by atoms with E-state index in [0.717, 1.165) is 12.1 Å². The van der Waals surface area contributed by atoms with Crippen molar-refractivity contribution in [1.29, 1.82) is 0 Å². The first-order valence-electron chi connectivity index (χ1n) is 7.75. The molecule has 1 aromatic carbocycles. The second kappa shape index (κ2) is 8.76. The van der Waals surface area contributed by atoms with E-state index in [4.69, 9.17) is 22.1 Å². The molecule has 0 fully saturated rings. The van der Waals surface area contributed by atoms with Gasteiger partial charge in [-0.05, 0) is 30.3 Å². The molecule has 3 rings (SSSR count). The van der Waals surface area contributed by atoms with Crippen LogP contribution in [0.15, 0.2) is 41.5 Å². The van der Waals surface area contributed by atoms with Gasteiger partial charge in [-0.15, -0.1) is 12.4 Å². The van der Waals surface area contributed by atoms with Crippen LogP contribution in [0.25, 0.3) is 0 Å². The van der Waals surface area contributed by atoms with Gasteiger partial charge in [0, 0.05) is 17.4 Å². The lowest BCUT2D eigenvalue weighted by molar-refractivity contribution is -0.0145. The Hall–Kier alpha value is -2.36. The molecule has 6 nitrogen and oxygen atoms in total. The molecule has 1 aromatic heterocycles. The van der Waals surface area contributed by atoms with Crippen molar-refractivity contribution in [3.8, 4) is 0 Å². The van der Waals surface area contributed by atoms with Crippen LogP contribution in [0.4, 0.5) is 18.9 Å². The summed E-state index contributed by atoms with van der Waals surface area (Å²) >= 11 is 5.72. The van der Waals surface area contributed by atoms with Gasteiger partial charge in [0.05, 0.1) is 11.6 Å². The minimum absolute atomic E-state index is 0. The van der Waals surface area contributed by atoms with Gasteiger partial charge in [-0.25, -0.2) is 18.2 Å². The molecule has 0 aliphatic carbocycles. The Kier molecular flexibility index (Phi) is 6.87. The summed E-state index contributed by atoms with van der Waals surface area (Å²) in [6.45, 7) is -0.660. The van der Waals surface area contributed by atoms with Crippen molar-refractivity contribution < 1.29 is 22.7 Å². The van der Waals surface area contributed by atoms with E-state index in [2.05, 4.69) is 15.3 Å². The summed E-state index contributed by atoms with van der Waals surface area (Å²) in [5, 5.41) is 2.82. The molecule has 2 heterocycles. The van der Waals surface area contributed by atoms with E-state index in [9.17, 15) is 18.0 Å². The van der Waals surface area contributed by atoms with Gasteiger partial charge >= 0.3 is 0 Å². The lowest BCUT2D eigenvalue weighted by Gasteiger charge is -2.33. The number of benzene rings is 1. The number of halogens is 5. The Balaban J connectivity index is 0.00000280. The number of aliphatic imine (C=N–C) groups is 1. The molecule has 2 aromatic rings. The number of hydrogen-bond acceptors (Lipinski definition) is 5. The topological polar surface area (TPSA) is 89.6 Å². The van der Waals surface area contributed by atoms with E-state index in [1.807, 2.05) is 0 Å². The molecule has 150 valence electrons. The first-order chi connectivity index (χ1) is 12.8. The average Bonchev–Trinajstić information content (AvgIpc) is 2.63. The Morgan fingerprint density at radius 1 is 1.32 bits per heavy atom. The third-order valence-electron chi connectivity index (χ3n) is 3.93. The van der Waals surface area contributed by atoms with Crippen LogP contribution in [-0.4, -0.2) is 36.4 Å². The molecule has 0 bridgehead atoms. The fourth-order valence-corrected chi connectivity index (χ4v) is 2.75. The van der Waals surface area contributed by atoms with E-state index in [1.54, 1.807) is 0 Å². The molecule has 1 aliphatic rings. The van der Waals surface area contributed by atoms with Gasteiger partial charge in [0.2, 0.25) is 0 Å². The molecule has 28 heavy (non-hydrogen) atoms. The van der Waals surface area contributed by atoms with Crippen LogP contribution in [0, 0.1) is 5.82 Å². The molecule has 3 N–H and O–H groups in total. The zero-order valence-electron chi connectivity index (χ0n) is 14.2. The fourth-order valence-electron chi connectivity index (χ4n) is 2.64. The normalized spacial score (nSPS) is 19.0. The maximum Gasteiger partial charge on any atom is 0.274 e. The van der Waals surface area contributed by atoms with Crippen molar-refractivity contribution in [3.05, 3.63) is 58.6 Å². The van der Waals surface area contributed by atoms with Gasteiger partial charge in [-0.1, -0.05) is 11.6 Å². The van der Waals surface area contributed by atoms with Crippen LogP contribution in [0.2, 0.25) is 5.02 Å². The monoisotopic (exact) mass is 434 g/mol. The number of nitrogens with one attached hydrogen (secondary N) is 1. The number of rotatable bonds is 4. The van der Waals surface area contributed by atoms with Crippen LogP contribution in [0.1, 0.15) is 16.1 Å². The second-order valence-corrected chi connectivity index (χ2v) is 6.27. The van der Waals surface area contributed by atoms with Crippen LogP contribution < -0.4 is 11.1 Å². The van der Waals surface area contributed by atoms with E-state index in [1.165, 1.54) is 24.4 Å². The zero-order chi connectivity index (χ0) is 19.6. The SMILES string of the molecule is Cl.NC1=N[C@@](c2cc(NC(=O)c3ccc(Cl)cn3)ccc2F)(C(F)F)COC1. The van der Waals surface area contributed by atoms with Gasteiger partial charge < -0.3 is 15.8 Å². The molecule has 0 saturated carbocycles. The minimum atomic E-state index is -3.07. The third kappa shape index (κ3) is 4.37. The number of pyridine rings is 1. The van der Waals surface area contributed by atoms with Crippen LogP contribution >= 0.6 is 24.0 Å². The van der Waals surface area contributed by atoms with Gasteiger partial charge in [-0.3, -0.25) is 9.79 Å². The summed E-state index contributed by atoms with van der Waals surface area (Å²) in [6, 6.07) is 6.15. The summed E-state index contributed by atoms with van der Waals surface area (Å²) < 4.78 is 47.0. The number of hydrogen-bond donors (Lipinski definition) is 2. The molecule has 1 atom stereocenters. The zero-order valence-corrected chi connectivity index (χ0v) is 15.7. The Morgan fingerprint density at radius 2 is 2.07 bits per heavy atom. The van der Waals surface area contributed by atoms with Gasteiger partial charge in [0.25, 0.3) is 12.3 Å². The van der Waals surface area contributed by atoms with E-state index in [-0.39, 0.29) is 36.2 Å². The van der Waals surface area contributed by atoms with Crippen molar-refractivity contribution in [3.63, 3.8) is 0 Å². The number of nitrogens with zero attached hydrogens (tertiary/aromatic N) is 2. The lowest BCUT2D eigenvalue weighted by Crippen LogP contribution is -2.45. The molecular weight excluding hydrogens is 420 g/mol. The molecule has 1 aliphatic heterocycles. The fraction of sp³-hybridized carbons (Fsp3) is 0.235. The van der Waals surface area contributed by atoms with Gasteiger partial charge in [0.1, 0.15) is 24.0 Å². The lowest BCUT2D eigenvalue weighted by atomic mass is 9.90. The molecule has 0 radical (unpaired) electrons. The Morgan fingerprint density at radius 3 is 2.68 bits per heavy atom. The minimum Gasteiger partial charge on any atom is -0.385 e. The number of alkyl halides is 2. The van der Waals surface area contributed by atoms with Crippen molar-refractivity contribution in [2.45, 2.75) is 12.0 Å². The molecule has 11 heteroatoms. The maximum atomic E-state index is 14.4. The molecule has 0 unspecified atom stereocenters. The predicted octanol–water partition coefficient (Wildman–Crippen LogP) is 3.40. The number of amidine groups is 1. The summed E-state index contributed by atoms with van der Waals surface area (Å²) in [6.07, 6.45) is -1.79. The molecule has 1 amide bonds. The third-order valence-corrected chi connectivity index (χ3v) is 4.15. The smallest absolute Gasteiger partial charge is 0.274 e. The standard InChI is InChI=1S/C17H14ClF3N4O2.ClH/c18-9-1-4-13(23-6-9)15(26)24-10-2-3-12(19)11(5-10)17(16(20)21)8-27-7-14(22)25-17;/h1-6,16H,7-8H2,(H2,22,25)(H,24,26);1H/t17-;/m0./s1. The van der Waals surface area contributed by atoms with E-state index in [0.29, 0.717) is 5.02 Å². The number of anilines is 1. The van der Waals surface area contributed by atoms with Crippen molar-refractivity contribution in [2.24, 2.45) is 10.7 Å². The van der Waals surface area contributed by atoms with Crippen LogP contribution in [-0.2, 0) is 10.3 Å². The van der Waals surface area contributed by atoms with Crippen LogP contribution in [0.5, 0.6) is 0 Å². The first kappa shape index (κ1) is 21.9. The number of aromatic nitrogens is 1. The summed E-state index contributed by atoms with van der Waals surface area (Å²) in [5.74, 6) is -1.70. The number of ether oxygens (including phenoxy) is 1. The number of nitrogens with two attached hydrogens (primary N) is 1. The highest BCUT2D eigenvalue weighted by Crippen LogP contribution is 2.38. The summed E-state index contributed by atoms with van der Waals surface area (Å²) in [7, 11) is 0. The van der Waals surface area contributed by atoms with Crippen molar-refractivity contribution >= 4 is 41.4 Å². The average molecular weight is 435 g/mol. The van der Waals surface area contributed by atoms with Crippen molar-refractivity contribution in [2.75, 3.05) is 18.5 Å². The highest BCUT2D eigenvalue weighted by atomic mass is 35.5. The summed E-state index contributed by atoms with van der Waals surface area (Å²) in [4.78, 5) is 19.9. The van der Waals surface area contributed by atoms with Crippen molar-refractivity contribution in [1.82, 2.24) is 4.98 Å². The first-order valence-corrected chi connectivity index (χ1v) is 8.12. The second-order valence-electron chi connectivity index (χ2n) is 5.83. The highest BCUT2D eigenvalue weighted by molar-refractivity contribution is 6.30. The molecule has 0 spiro atoms. The number of carbonyl (C=O) groups excluding carboxylic acids is 1. The quantitative estimate of drug-likeness (QED) is 0.771. The van der Waals surface area contributed by atoms with E-state index >= 15 is 0 Å². The molecular formula is C17H15Cl2F3N4O2. The number of amides is 1. The maximum absolute atomic E-state index is 14.4.